The molecule has 0 bridgehead atoms. The van der Waals surface area contributed by atoms with Crippen LogP contribution in [0.3, 0.4) is 0 Å². The summed E-state index contributed by atoms with van der Waals surface area (Å²) in [5.41, 5.74) is -0.481. The van der Waals surface area contributed by atoms with E-state index in [-0.39, 0.29) is 18.0 Å². The van der Waals surface area contributed by atoms with E-state index in [9.17, 15) is 9.59 Å². The minimum absolute atomic E-state index is 0.0791. The Labute approximate surface area is 134 Å². The predicted molar refractivity (Wildman–Crippen MR) is 85.1 cm³/mol. The second kappa shape index (κ2) is 6.64. The van der Waals surface area contributed by atoms with Gasteiger partial charge >= 0.3 is 6.09 Å². The molecular weight excluding hydrogens is 302 g/mol. The highest BCUT2D eigenvalue weighted by Crippen LogP contribution is 2.17. The SMILES string of the molecule is Cc1cnc(C(=O)NC2CCN(C(=O)OC(C)(C)C)CC2)s1. The molecule has 1 saturated heterocycles. The van der Waals surface area contributed by atoms with E-state index < -0.39 is 5.60 Å². The first-order valence-corrected chi connectivity index (χ1v) is 8.27. The Hall–Kier alpha value is -1.63. The quantitative estimate of drug-likeness (QED) is 0.907. The molecule has 1 aromatic heterocycles. The van der Waals surface area contributed by atoms with Crippen molar-refractivity contribution in [3.8, 4) is 0 Å². The number of nitrogens with one attached hydrogen (secondary N) is 1. The van der Waals surface area contributed by atoms with E-state index in [1.807, 2.05) is 27.7 Å². The summed E-state index contributed by atoms with van der Waals surface area (Å²) in [6.45, 7) is 8.68. The molecule has 6 nitrogen and oxygen atoms in total. The number of carbonyl (C=O) groups is 2. The Kier molecular flexibility index (Phi) is 5.05. The zero-order valence-corrected chi connectivity index (χ0v) is 14.3. The molecule has 7 heteroatoms. The normalized spacial score (nSPS) is 16.5. The van der Waals surface area contributed by atoms with Gasteiger partial charge < -0.3 is 15.0 Å². The van der Waals surface area contributed by atoms with Crippen molar-refractivity contribution in [3.05, 3.63) is 16.1 Å². The van der Waals surface area contributed by atoms with Gasteiger partial charge in [-0.3, -0.25) is 4.79 Å². The molecule has 1 aliphatic rings. The van der Waals surface area contributed by atoms with Gasteiger partial charge in [-0.1, -0.05) is 0 Å². The van der Waals surface area contributed by atoms with Crippen molar-refractivity contribution in [1.29, 1.82) is 0 Å². The zero-order chi connectivity index (χ0) is 16.3. The molecule has 1 fully saturated rings. The number of carbonyl (C=O) groups excluding carboxylic acids is 2. The Balaban J connectivity index is 1.80. The maximum absolute atomic E-state index is 12.1. The molecule has 0 atom stereocenters. The summed E-state index contributed by atoms with van der Waals surface area (Å²) >= 11 is 1.39. The minimum atomic E-state index is -0.481. The van der Waals surface area contributed by atoms with Crippen LogP contribution in [0.4, 0.5) is 4.79 Å². The summed E-state index contributed by atoms with van der Waals surface area (Å²) in [6.07, 6.45) is 2.88. The van der Waals surface area contributed by atoms with E-state index in [2.05, 4.69) is 10.3 Å². The second-order valence-corrected chi connectivity index (χ2v) is 7.73. The molecule has 0 aliphatic carbocycles. The van der Waals surface area contributed by atoms with Gasteiger partial charge in [-0.25, -0.2) is 9.78 Å². The largest absolute Gasteiger partial charge is 0.444 e. The summed E-state index contributed by atoms with van der Waals surface area (Å²) in [5.74, 6) is -0.131. The highest BCUT2D eigenvalue weighted by Gasteiger charge is 2.27. The zero-order valence-electron chi connectivity index (χ0n) is 13.5. The van der Waals surface area contributed by atoms with Crippen molar-refractivity contribution >= 4 is 23.3 Å². The second-order valence-electron chi connectivity index (χ2n) is 6.49. The highest BCUT2D eigenvalue weighted by molar-refractivity contribution is 7.13. The molecule has 1 N–H and O–H groups in total. The molecule has 22 heavy (non-hydrogen) atoms. The third-order valence-electron chi connectivity index (χ3n) is 3.30. The molecule has 0 unspecified atom stereocenters. The smallest absolute Gasteiger partial charge is 0.410 e. The summed E-state index contributed by atoms with van der Waals surface area (Å²) < 4.78 is 5.36. The van der Waals surface area contributed by atoms with Crippen molar-refractivity contribution in [3.63, 3.8) is 0 Å². The average Bonchev–Trinajstić information content (AvgIpc) is 2.84. The maximum atomic E-state index is 12.1. The number of aryl methyl sites for hydroxylation is 1. The molecule has 1 aromatic rings. The van der Waals surface area contributed by atoms with Crippen LogP contribution in [0.15, 0.2) is 6.20 Å². The fourth-order valence-corrected chi connectivity index (χ4v) is 2.91. The molecule has 0 spiro atoms. The van der Waals surface area contributed by atoms with Gasteiger partial charge in [-0.15, -0.1) is 11.3 Å². The number of aromatic nitrogens is 1. The number of nitrogens with zero attached hydrogens (tertiary/aromatic N) is 2. The van der Waals surface area contributed by atoms with Crippen LogP contribution in [-0.2, 0) is 4.74 Å². The van der Waals surface area contributed by atoms with Gasteiger partial charge in [0.25, 0.3) is 5.91 Å². The highest BCUT2D eigenvalue weighted by atomic mass is 32.1. The molecule has 0 radical (unpaired) electrons. The number of rotatable bonds is 2. The lowest BCUT2D eigenvalue weighted by Crippen LogP contribution is -2.47. The lowest BCUT2D eigenvalue weighted by molar-refractivity contribution is 0.0199. The van der Waals surface area contributed by atoms with Gasteiger partial charge in [0.2, 0.25) is 0 Å². The van der Waals surface area contributed by atoms with Crippen molar-refractivity contribution in [2.24, 2.45) is 0 Å². The molecule has 122 valence electrons. The van der Waals surface area contributed by atoms with Gasteiger partial charge in [0.15, 0.2) is 5.01 Å². The van der Waals surface area contributed by atoms with Crippen molar-refractivity contribution in [2.75, 3.05) is 13.1 Å². The number of thiazole rings is 1. The van der Waals surface area contributed by atoms with E-state index >= 15 is 0 Å². The molecule has 2 rings (SSSR count). The topological polar surface area (TPSA) is 71.5 Å². The number of piperidine rings is 1. The molecule has 0 aromatic carbocycles. The van der Waals surface area contributed by atoms with Gasteiger partial charge in [0, 0.05) is 30.2 Å². The van der Waals surface area contributed by atoms with E-state index in [1.165, 1.54) is 11.3 Å². The fraction of sp³-hybridized carbons (Fsp3) is 0.667. The first kappa shape index (κ1) is 16.7. The van der Waals surface area contributed by atoms with Crippen LogP contribution < -0.4 is 5.32 Å². The van der Waals surface area contributed by atoms with Crippen LogP contribution in [0.5, 0.6) is 0 Å². The van der Waals surface area contributed by atoms with E-state index in [1.54, 1.807) is 11.1 Å². The van der Waals surface area contributed by atoms with Gasteiger partial charge in [0.05, 0.1) is 0 Å². The predicted octanol–water partition coefficient (Wildman–Crippen LogP) is 2.58. The minimum Gasteiger partial charge on any atom is -0.444 e. The van der Waals surface area contributed by atoms with Crippen LogP contribution in [0, 0.1) is 6.92 Å². The summed E-state index contributed by atoms with van der Waals surface area (Å²) in [6, 6.07) is 0.0791. The van der Waals surface area contributed by atoms with E-state index in [4.69, 9.17) is 4.74 Å². The Morgan fingerprint density at radius 1 is 1.36 bits per heavy atom. The fourth-order valence-electron chi connectivity index (χ4n) is 2.24. The third kappa shape index (κ3) is 4.69. The van der Waals surface area contributed by atoms with Gasteiger partial charge in [0.1, 0.15) is 5.60 Å². The average molecular weight is 325 g/mol. The first-order valence-electron chi connectivity index (χ1n) is 7.46. The Morgan fingerprint density at radius 2 is 2.00 bits per heavy atom. The Bertz CT molecular complexity index is 542. The number of amides is 2. The lowest BCUT2D eigenvalue weighted by atomic mass is 10.1. The molecule has 2 heterocycles. The van der Waals surface area contributed by atoms with E-state index in [0.717, 1.165) is 17.7 Å². The number of ether oxygens (including phenoxy) is 1. The summed E-state index contributed by atoms with van der Waals surface area (Å²) in [4.78, 5) is 30.8. The van der Waals surface area contributed by atoms with Crippen LogP contribution in [-0.4, -0.2) is 46.6 Å². The number of hydrogen-bond acceptors (Lipinski definition) is 5. The van der Waals surface area contributed by atoms with Gasteiger partial charge in [-0.2, -0.15) is 0 Å². The standard InChI is InChI=1S/C15H23N3O3S/c1-10-9-16-13(22-10)12(19)17-11-5-7-18(8-6-11)14(20)21-15(2,3)4/h9,11H,5-8H2,1-4H3,(H,17,19). The van der Waals surface area contributed by atoms with Crippen LogP contribution in [0.25, 0.3) is 0 Å². The van der Waals surface area contributed by atoms with E-state index in [0.29, 0.717) is 18.1 Å². The monoisotopic (exact) mass is 325 g/mol. The number of hydrogen-bond donors (Lipinski definition) is 1. The first-order chi connectivity index (χ1) is 10.2. The number of likely N-dealkylation sites (tertiary alicyclic amines) is 1. The molecular formula is C15H23N3O3S. The van der Waals surface area contributed by atoms with Crippen LogP contribution in [0.1, 0.15) is 48.3 Å². The van der Waals surface area contributed by atoms with Gasteiger partial charge in [-0.05, 0) is 40.5 Å². The third-order valence-corrected chi connectivity index (χ3v) is 4.21. The maximum Gasteiger partial charge on any atom is 0.410 e. The van der Waals surface area contributed by atoms with Crippen molar-refractivity contribution < 1.29 is 14.3 Å². The van der Waals surface area contributed by atoms with Crippen LogP contribution >= 0.6 is 11.3 Å². The lowest BCUT2D eigenvalue weighted by Gasteiger charge is -2.33. The molecule has 1 aliphatic heterocycles. The summed E-state index contributed by atoms with van der Waals surface area (Å²) in [5, 5.41) is 3.48. The Morgan fingerprint density at radius 3 is 2.50 bits per heavy atom. The summed E-state index contributed by atoms with van der Waals surface area (Å²) in [7, 11) is 0. The van der Waals surface area contributed by atoms with Crippen LogP contribution in [0.2, 0.25) is 0 Å². The molecule has 2 amide bonds. The van der Waals surface area contributed by atoms with Crippen molar-refractivity contribution in [2.45, 2.75) is 52.2 Å². The van der Waals surface area contributed by atoms with Crippen molar-refractivity contribution in [1.82, 2.24) is 15.2 Å². The molecule has 0 saturated carbocycles.